The average Bonchev–Trinajstić information content (AvgIpc) is 2.73. The molecule has 0 spiro atoms. The van der Waals surface area contributed by atoms with Crippen LogP contribution in [0.2, 0.25) is 0 Å². The zero-order valence-electron chi connectivity index (χ0n) is 14.7. The van der Waals surface area contributed by atoms with Crippen LogP contribution >= 0.6 is 0 Å². The predicted octanol–water partition coefficient (Wildman–Crippen LogP) is 6.53. The molecule has 130 valence electrons. The Labute approximate surface area is 157 Å². The molecule has 0 aliphatic heterocycles. The van der Waals surface area contributed by atoms with Gasteiger partial charge in [-0.2, -0.15) is 0 Å². The van der Waals surface area contributed by atoms with E-state index >= 15 is 0 Å². The van der Waals surface area contributed by atoms with Gasteiger partial charge in [-0.1, -0.05) is 97.1 Å². The van der Waals surface area contributed by atoms with Crippen LogP contribution in [-0.2, 0) is 0 Å². The molecule has 0 atom stereocenters. The number of hydrogen-bond acceptors (Lipinski definition) is 1. The molecule has 0 saturated heterocycles. The van der Waals surface area contributed by atoms with E-state index in [4.69, 9.17) is 5.11 Å². The summed E-state index contributed by atoms with van der Waals surface area (Å²) in [6.45, 7) is 0. The summed E-state index contributed by atoms with van der Waals surface area (Å²) in [5.74, 6) is -0.883. The molecule has 0 fully saturated rings. The summed E-state index contributed by atoms with van der Waals surface area (Å²) in [6, 6.07) is 33.9. The highest BCUT2D eigenvalue weighted by molar-refractivity contribution is 6.13. The highest BCUT2D eigenvalue weighted by atomic mass is 16.4. The maximum atomic E-state index is 11.2. The summed E-state index contributed by atoms with van der Waals surface area (Å²) in [5.41, 5.74) is 0.355. The van der Waals surface area contributed by atoms with Gasteiger partial charge in [0, 0.05) is 0 Å². The van der Waals surface area contributed by atoms with Crippen molar-refractivity contribution in [3.63, 3.8) is 0 Å². The van der Waals surface area contributed by atoms with Gasteiger partial charge in [0.1, 0.15) is 0 Å². The molecular weight excluding hydrogens is 332 g/mol. The molecule has 0 radical (unpaired) electrons. The number of carboxylic acids is 1. The fourth-order valence-corrected chi connectivity index (χ4v) is 3.36. The van der Waals surface area contributed by atoms with Crippen molar-refractivity contribution in [2.24, 2.45) is 0 Å². The summed E-state index contributed by atoms with van der Waals surface area (Å²) in [7, 11) is 0. The summed E-state index contributed by atoms with van der Waals surface area (Å²) in [5, 5.41) is 15.8. The predicted molar refractivity (Wildman–Crippen MR) is 112 cm³/mol. The number of aromatic carboxylic acids is 1. The first kappa shape index (κ1) is 16.8. The third-order valence-electron chi connectivity index (χ3n) is 4.68. The Morgan fingerprint density at radius 1 is 0.481 bits per heavy atom. The van der Waals surface area contributed by atoms with Crippen molar-refractivity contribution in [3.8, 4) is 0 Å². The second-order valence-electron chi connectivity index (χ2n) is 6.34. The summed E-state index contributed by atoms with van der Waals surface area (Å²) in [6.07, 6.45) is 0. The number of carboxylic acid groups (broad SMARTS) is 1. The molecule has 0 aliphatic carbocycles. The molecule has 0 bridgehead atoms. The average molecular weight is 350 g/mol. The van der Waals surface area contributed by atoms with Crippen molar-refractivity contribution >= 4 is 38.3 Å². The van der Waals surface area contributed by atoms with Crippen LogP contribution in [0.5, 0.6) is 0 Å². The molecule has 5 aromatic rings. The van der Waals surface area contributed by atoms with Gasteiger partial charge in [0.25, 0.3) is 0 Å². The molecule has 0 unspecified atom stereocenters. The number of benzene rings is 5. The van der Waals surface area contributed by atoms with Crippen molar-refractivity contribution in [3.05, 3.63) is 109 Å². The summed E-state index contributed by atoms with van der Waals surface area (Å²) < 4.78 is 0. The Hall–Kier alpha value is -3.65. The molecular formula is C25H18O2. The Morgan fingerprint density at radius 2 is 1.00 bits per heavy atom. The number of hydrogen-bond donors (Lipinski definition) is 1. The van der Waals surface area contributed by atoms with Crippen molar-refractivity contribution in [1.29, 1.82) is 0 Å². The fourth-order valence-electron chi connectivity index (χ4n) is 3.36. The molecule has 5 rings (SSSR count). The first-order valence-corrected chi connectivity index (χ1v) is 8.81. The van der Waals surface area contributed by atoms with Crippen LogP contribution in [0.4, 0.5) is 0 Å². The zero-order chi connectivity index (χ0) is 18.6. The summed E-state index contributed by atoms with van der Waals surface area (Å²) in [4.78, 5) is 11.2. The number of rotatable bonds is 1. The second-order valence-corrected chi connectivity index (χ2v) is 6.34. The van der Waals surface area contributed by atoms with Gasteiger partial charge in [0.05, 0.1) is 5.56 Å². The van der Waals surface area contributed by atoms with E-state index in [2.05, 4.69) is 48.5 Å². The lowest BCUT2D eigenvalue weighted by molar-refractivity contribution is 0.0699. The van der Waals surface area contributed by atoms with Gasteiger partial charge >= 0.3 is 5.97 Å². The topological polar surface area (TPSA) is 37.3 Å². The lowest BCUT2D eigenvalue weighted by Gasteiger charge is -2.06. The van der Waals surface area contributed by atoms with Crippen LogP contribution in [0.3, 0.4) is 0 Å². The molecule has 2 nitrogen and oxygen atoms in total. The van der Waals surface area contributed by atoms with Crippen molar-refractivity contribution < 1.29 is 9.90 Å². The Balaban J connectivity index is 0.000000153. The molecule has 2 heteroatoms. The number of carbonyl (C=O) groups is 1. The Bertz CT molecular complexity index is 1190. The molecule has 1 N–H and O–H groups in total. The van der Waals surface area contributed by atoms with Crippen LogP contribution in [-0.4, -0.2) is 11.1 Å². The normalized spacial score (nSPS) is 10.5. The lowest BCUT2D eigenvalue weighted by Crippen LogP contribution is -1.97. The standard InChI is InChI=1S/C15H10O2.C10H8/c16-15(17)14-7-3-6-12-11-5-2-1-4-10(11)8-9-13(12)14;1-2-6-10-8-4-3-7-9(10)5-1/h1-9H,(H,16,17);1-8H. The van der Waals surface area contributed by atoms with E-state index in [9.17, 15) is 4.79 Å². The van der Waals surface area contributed by atoms with E-state index in [1.807, 2.05) is 42.5 Å². The third kappa shape index (κ3) is 3.38. The van der Waals surface area contributed by atoms with E-state index in [-0.39, 0.29) is 0 Å². The minimum absolute atomic E-state index is 0.355. The van der Waals surface area contributed by atoms with Crippen LogP contribution in [0, 0.1) is 0 Å². The van der Waals surface area contributed by atoms with E-state index in [1.165, 1.54) is 10.8 Å². The number of fused-ring (bicyclic) bond motifs is 4. The van der Waals surface area contributed by atoms with Crippen LogP contribution < -0.4 is 0 Å². The fraction of sp³-hybridized carbons (Fsp3) is 0. The Morgan fingerprint density at radius 3 is 1.59 bits per heavy atom. The molecule has 0 amide bonds. The van der Waals surface area contributed by atoms with Crippen LogP contribution in [0.1, 0.15) is 10.4 Å². The van der Waals surface area contributed by atoms with Gasteiger partial charge in [0.15, 0.2) is 0 Å². The quantitative estimate of drug-likeness (QED) is 0.349. The third-order valence-corrected chi connectivity index (χ3v) is 4.68. The van der Waals surface area contributed by atoms with Gasteiger partial charge in [-0.05, 0) is 38.4 Å². The van der Waals surface area contributed by atoms with E-state index in [0.717, 1.165) is 21.5 Å². The van der Waals surface area contributed by atoms with Gasteiger partial charge in [-0.25, -0.2) is 4.79 Å². The minimum Gasteiger partial charge on any atom is -0.478 e. The van der Waals surface area contributed by atoms with Crippen molar-refractivity contribution in [2.45, 2.75) is 0 Å². The largest absolute Gasteiger partial charge is 0.478 e. The maximum absolute atomic E-state index is 11.2. The zero-order valence-corrected chi connectivity index (χ0v) is 14.7. The lowest BCUT2D eigenvalue weighted by atomic mass is 9.98. The minimum atomic E-state index is -0.883. The molecule has 0 aromatic heterocycles. The molecule has 5 aromatic carbocycles. The summed E-state index contributed by atoms with van der Waals surface area (Å²) >= 11 is 0. The monoisotopic (exact) mass is 350 g/mol. The van der Waals surface area contributed by atoms with Crippen molar-refractivity contribution in [1.82, 2.24) is 0 Å². The van der Waals surface area contributed by atoms with Gasteiger partial charge in [0.2, 0.25) is 0 Å². The van der Waals surface area contributed by atoms with Gasteiger partial charge < -0.3 is 5.11 Å². The van der Waals surface area contributed by atoms with Crippen LogP contribution in [0.15, 0.2) is 103 Å². The molecule has 0 saturated carbocycles. The molecule has 0 aliphatic rings. The van der Waals surface area contributed by atoms with Gasteiger partial charge in [-0.3, -0.25) is 0 Å². The second kappa shape index (κ2) is 7.30. The highest BCUT2D eigenvalue weighted by Gasteiger charge is 2.09. The molecule has 27 heavy (non-hydrogen) atoms. The van der Waals surface area contributed by atoms with Gasteiger partial charge in [-0.15, -0.1) is 0 Å². The first-order valence-electron chi connectivity index (χ1n) is 8.81. The van der Waals surface area contributed by atoms with Crippen LogP contribution in [0.25, 0.3) is 32.3 Å². The smallest absolute Gasteiger partial charge is 0.336 e. The maximum Gasteiger partial charge on any atom is 0.336 e. The Kier molecular flexibility index (Phi) is 4.54. The van der Waals surface area contributed by atoms with E-state index in [0.29, 0.717) is 5.56 Å². The van der Waals surface area contributed by atoms with E-state index in [1.54, 1.807) is 12.1 Å². The highest BCUT2D eigenvalue weighted by Crippen LogP contribution is 2.27. The van der Waals surface area contributed by atoms with E-state index < -0.39 is 5.97 Å². The van der Waals surface area contributed by atoms with Crippen molar-refractivity contribution in [2.75, 3.05) is 0 Å². The first-order chi connectivity index (χ1) is 13.2. The SMILES string of the molecule is O=C(O)c1cccc2c1ccc1ccccc12.c1ccc2ccccc2c1. The molecule has 0 heterocycles.